The van der Waals surface area contributed by atoms with Crippen LogP contribution in [-0.2, 0) is 18.7 Å². The molecule has 0 spiro atoms. The Balaban J connectivity index is 1.76. The Morgan fingerprint density at radius 2 is 1.67 bits per heavy atom. The summed E-state index contributed by atoms with van der Waals surface area (Å²) < 4.78 is 17.8. The molecule has 33 heavy (non-hydrogen) atoms. The van der Waals surface area contributed by atoms with Crippen LogP contribution in [0.1, 0.15) is 20.8 Å². The molecule has 2 aromatic rings. The van der Waals surface area contributed by atoms with Crippen LogP contribution in [-0.4, -0.2) is 45.1 Å². The Hall–Kier alpha value is -3.00. The van der Waals surface area contributed by atoms with Crippen LogP contribution in [0.25, 0.3) is 0 Å². The lowest BCUT2D eigenvalue weighted by Gasteiger charge is -2.45. The van der Waals surface area contributed by atoms with Gasteiger partial charge in [0.05, 0.1) is 11.8 Å². The van der Waals surface area contributed by atoms with Gasteiger partial charge in [-0.2, -0.15) is 0 Å². The molecule has 0 radical (unpaired) electrons. The zero-order valence-electron chi connectivity index (χ0n) is 19.1. The SMILES string of the molecule is C=CCOC(=O)NC1=C[C@H](O[Si](c2ccccc2)(c2ccccc2)C(C)(C)C)[C@@H]2O[C@@H]2C1=O. The highest BCUT2D eigenvalue weighted by atomic mass is 28.4. The maximum atomic E-state index is 12.7. The van der Waals surface area contributed by atoms with Crippen molar-refractivity contribution in [2.45, 2.75) is 44.1 Å². The molecule has 3 atom stereocenters. The van der Waals surface area contributed by atoms with Crippen molar-refractivity contribution in [2.24, 2.45) is 0 Å². The number of epoxide rings is 1. The molecule has 1 heterocycles. The second-order valence-electron chi connectivity index (χ2n) is 9.22. The van der Waals surface area contributed by atoms with E-state index < -0.39 is 26.6 Å². The van der Waals surface area contributed by atoms with Crippen LogP contribution in [0.15, 0.2) is 85.1 Å². The number of ketones is 1. The first-order valence-electron chi connectivity index (χ1n) is 11.0. The number of hydrogen-bond acceptors (Lipinski definition) is 5. The Morgan fingerprint density at radius 1 is 1.09 bits per heavy atom. The van der Waals surface area contributed by atoms with Gasteiger partial charge in [0.15, 0.2) is 6.10 Å². The van der Waals surface area contributed by atoms with E-state index >= 15 is 0 Å². The summed E-state index contributed by atoms with van der Waals surface area (Å²) in [7, 11) is -2.86. The summed E-state index contributed by atoms with van der Waals surface area (Å²) in [5.41, 5.74) is 0.144. The highest BCUT2D eigenvalue weighted by Gasteiger charge is 2.59. The van der Waals surface area contributed by atoms with Crippen LogP contribution in [0.2, 0.25) is 5.04 Å². The topological polar surface area (TPSA) is 77.2 Å². The third kappa shape index (κ3) is 4.44. The molecule has 0 aromatic heterocycles. The van der Waals surface area contributed by atoms with E-state index in [0.29, 0.717) is 0 Å². The molecule has 0 bridgehead atoms. The van der Waals surface area contributed by atoms with Crippen molar-refractivity contribution in [2.75, 3.05) is 6.61 Å². The first-order chi connectivity index (χ1) is 15.8. The molecule has 7 heteroatoms. The summed E-state index contributed by atoms with van der Waals surface area (Å²) in [5.74, 6) is -0.266. The summed E-state index contributed by atoms with van der Waals surface area (Å²) in [5, 5.41) is 4.58. The first kappa shape index (κ1) is 23.2. The third-order valence-corrected chi connectivity index (χ3v) is 11.0. The lowest BCUT2D eigenvalue weighted by atomic mass is 10.0. The lowest BCUT2D eigenvalue weighted by molar-refractivity contribution is -0.117. The minimum atomic E-state index is -2.86. The largest absolute Gasteiger partial charge is 0.445 e. The fourth-order valence-corrected chi connectivity index (χ4v) is 9.08. The summed E-state index contributed by atoms with van der Waals surface area (Å²) in [4.78, 5) is 24.8. The molecule has 2 aliphatic rings. The Labute approximate surface area is 195 Å². The minimum Gasteiger partial charge on any atom is -0.445 e. The molecular weight excluding hydrogens is 434 g/mol. The summed E-state index contributed by atoms with van der Waals surface area (Å²) in [6.07, 6.45) is 0.949. The van der Waals surface area contributed by atoms with Crippen LogP contribution >= 0.6 is 0 Å². The van der Waals surface area contributed by atoms with Crippen molar-refractivity contribution in [3.8, 4) is 0 Å². The summed E-state index contributed by atoms with van der Waals surface area (Å²) in [6, 6.07) is 20.5. The van der Waals surface area contributed by atoms with Crippen LogP contribution in [0.4, 0.5) is 4.79 Å². The van der Waals surface area contributed by atoms with E-state index in [2.05, 4.69) is 56.9 Å². The average Bonchev–Trinajstić information content (AvgIpc) is 3.61. The second-order valence-corrected chi connectivity index (χ2v) is 13.5. The number of benzene rings is 2. The van der Waals surface area contributed by atoms with Gasteiger partial charge in [-0.05, 0) is 21.5 Å². The first-order valence-corrected chi connectivity index (χ1v) is 12.9. The maximum Gasteiger partial charge on any atom is 0.412 e. The van der Waals surface area contributed by atoms with E-state index in [4.69, 9.17) is 13.9 Å². The summed E-state index contributed by atoms with van der Waals surface area (Å²) >= 11 is 0. The van der Waals surface area contributed by atoms with E-state index in [1.807, 2.05) is 36.4 Å². The predicted octanol–water partition coefficient (Wildman–Crippen LogP) is 3.08. The van der Waals surface area contributed by atoms with Crippen molar-refractivity contribution in [3.63, 3.8) is 0 Å². The molecule has 6 nitrogen and oxygen atoms in total. The van der Waals surface area contributed by atoms with Gasteiger partial charge in [-0.25, -0.2) is 4.79 Å². The van der Waals surface area contributed by atoms with E-state index in [-0.39, 0.29) is 29.2 Å². The molecule has 4 rings (SSSR count). The quantitative estimate of drug-likeness (QED) is 0.388. The van der Waals surface area contributed by atoms with Gasteiger partial charge in [-0.15, -0.1) is 0 Å². The Bertz CT molecular complexity index is 1020. The minimum absolute atomic E-state index is 0.0534. The van der Waals surface area contributed by atoms with Gasteiger partial charge >= 0.3 is 6.09 Å². The third-order valence-electron chi connectivity index (χ3n) is 6.00. The van der Waals surface area contributed by atoms with Gasteiger partial charge in [-0.3, -0.25) is 10.1 Å². The zero-order valence-corrected chi connectivity index (χ0v) is 20.1. The number of hydrogen-bond donors (Lipinski definition) is 1. The molecule has 1 saturated heterocycles. The fourth-order valence-electron chi connectivity index (χ4n) is 4.46. The molecule has 1 amide bonds. The monoisotopic (exact) mass is 463 g/mol. The number of carbonyl (C=O) groups is 2. The number of rotatable bonds is 7. The number of Topliss-reactive ketones (excluding diaryl/α,β-unsaturated/α-hetero) is 1. The number of alkyl carbamates (subject to hydrolysis) is 1. The Kier molecular flexibility index (Phi) is 6.38. The van der Waals surface area contributed by atoms with Crippen molar-refractivity contribution < 1.29 is 23.5 Å². The van der Waals surface area contributed by atoms with E-state index in [1.54, 1.807) is 6.08 Å². The smallest absolute Gasteiger partial charge is 0.412 e. The maximum absolute atomic E-state index is 12.7. The number of nitrogens with one attached hydrogen (secondary N) is 1. The van der Waals surface area contributed by atoms with Gasteiger partial charge in [0.25, 0.3) is 8.32 Å². The molecule has 172 valence electrons. The van der Waals surface area contributed by atoms with Crippen LogP contribution in [0.5, 0.6) is 0 Å². The molecule has 1 aliphatic heterocycles. The van der Waals surface area contributed by atoms with Gasteiger partial charge in [-0.1, -0.05) is 94.1 Å². The highest BCUT2D eigenvalue weighted by Crippen LogP contribution is 2.42. The van der Waals surface area contributed by atoms with Crippen molar-refractivity contribution in [3.05, 3.63) is 85.1 Å². The van der Waals surface area contributed by atoms with Crippen molar-refractivity contribution in [1.82, 2.24) is 5.32 Å². The fraction of sp³-hybridized carbons (Fsp3) is 0.308. The molecular formula is C26H29NO5Si. The molecule has 0 unspecified atom stereocenters. The molecule has 1 fully saturated rings. The normalized spacial score (nSPS) is 22.1. The number of amides is 1. The number of ether oxygens (including phenoxy) is 2. The molecule has 1 aliphatic carbocycles. The van der Waals surface area contributed by atoms with Gasteiger partial charge in [0, 0.05) is 0 Å². The average molecular weight is 464 g/mol. The van der Waals surface area contributed by atoms with Gasteiger partial charge in [0.1, 0.15) is 12.7 Å². The molecule has 1 N–H and O–H groups in total. The van der Waals surface area contributed by atoms with Gasteiger partial charge < -0.3 is 13.9 Å². The zero-order chi connectivity index (χ0) is 23.6. The van der Waals surface area contributed by atoms with Crippen LogP contribution in [0.3, 0.4) is 0 Å². The Morgan fingerprint density at radius 3 is 2.18 bits per heavy atom. The summed E-state index contributed by atoms with van der Waals surface area (Å²) in [6.45, 7) is 10.1. The highest BCUT2D eigenvalue weighted by molar-refractivity contribution is 6.99. The molecule has 2 aromatic carbocycles. The number of fused-ring (bicyclic) bond motifs is 1. The number of carbonyl (C=O) groups excluding carboxylic acids is 2. The van der Waals surface area contributed by atoms with E-state index in [9.17, 15) is 9.59 Å². The lowest BCUT2D eigenvalue weighted by Crippen LogP contribution is -2.68. The van der Waals surface area contributed by atoms with Crippen LogP contribution < -0.4 is 15.7 Å². The van der Waals surface area contributed by atoms with Crippen molar-refractivity contribution in [1.29, 1.82) is 0 Å². The van der Waals surface area contributed by atoms with Crippen LogP contribution in [0, 0.1) is 0 Å². The molecule has 0 saturated carbocycles. The second kappa shape index (κ2) is 9.09. The standard InChI is InChI=1S/C26H29NO5Si/c1-5-16-30-25(29)27-20-17-21(23-24(31-23)22(20)28)32-33(26(2,3)4,18-12-8-6-9-13-18)19-14-10-7-11-15-19/h5-15,17,21,23-24H,1,16H2,2-4H3,(H,27,29)/t21-,23-,24+/m0/s1. The van der Waals surface area contributed by atoms with Gasteiger partial charge in [0.2, 0.25) is 5.78 Å². The van der Waals surface area contributed by atoms with E-state index in [0.717, 1.165) is 10.4 Å². The van der Waals surface area contributed by atoms with E-state index in [1.165, 1.54) is 6.08 Å². The predicted molar refractivity (Wildman–Crippen MR) is 129 cm³/mol. The van der Waals surface area contributed by atoms with Crippen molar-refractivity contribution >= 4 is 30.6 Å².